The summed E-state index contributed by atoms with van der Waals surface area (Å²) < 4.78 is 13.0. The molecule has 1 aliphatic rings. The molecule has 2 aromatic rings. The molecule has 1 amide bonds. The second-order valence-corrected chi connectivity index (χ2v) is 11.1. The number of thioether (sulfide) groups is 1. The number of nitrogens with zero attached hydrogens (tertiary/aromatic N) is 1. The van der Waals surface area contributed by atoms with Crippen LogP contribution >= 0.6 is 63.1 Å². The van der Waals surface area contributed by atoms with E-state index in [2.05, 4.69) is 15.9 Å². The molecule has 11 heteroatoms. The first-order valence-corrected chi connectivity index (χ1v) is 14.0. The normalized spacial score (nSPS) is 14.6. The number of hydrogen-bond donors (Lipinski definition) is 1. The van der Waals surface area contributed by atoms with Crippen LogP contribution in [-0.4, -0.2) is 39.4 Å². The van der Waals surface area contributed by atoms with Gasteiger partial charge in [0.05, 0.1) is 16.0 Å². The standard InChI is InChI=1S/C25H24BrCl2NO5S2/c1-2-33-20-12-15(11-17(26)23(20)34-14-16-18(27)7-6-8-19(16)28)13-21-24(32)29(25(35)36-21)10-5-3-4-9-22(30)31/h6-8,11-13H,2-5,9-10,14H2,1H3,(H,30,31)/b21-13-. The van der Waals surface area contributed by atoms with Crippen molar-refractivity contribution in [2.75, 3.05) is 13.2 Å². The van der Waals surface area contributed by atoms with Crippen LogP contribution in [0.4, 0.5) is 0 Å². The zero-order chi connectivity index (χ0) is 26.2. The van der Waals surface area contributed by atoms with Crippen LogP contribution in [0.15, 0.2) is 39.7 Å². The number of halogens is 3. The summed E-state index contributed by atoms with van der Waals surface area (Å²) in [5.41, 5.74) is 1.42. The first-order chi connectivity index (χ1) is 17.2. The highest BCUT2D eigenvalue weighted by Crippen LogP contribution is 2.40. The van der Waals surface area contributed by atoms with Gasteiger partial charge in [-0.05, 0) is 71.6 Å². The summed E-state index contributed by atoms with van der Waals surface area (Å²) in [6.45, 7) is 2.91. The van der Waals surface area contributed by atoms with E-state index in [1.165, 1.54) is 11.8 Å². The summed E-state index contributed by atoms with van der Waals surface area (Å²) in [6, 6.07) is 8.91. The molecule has 0 atom stereocenters. The minimum absolute atomic E-state index is 0.125. The van der Waals surface area contributed by atoms with Gasteiger partial charge in [0.1, 0.15) is 10.9 Å². The number of ether oxygens (including phenoxy) is 2. The van der Waals surface area contributed by atoms with Gasteiger partial charge in [0.2, 0.25) is 0 Å². The summed E-state index contributed by atoms with van der Waals surface area (Å²) in [5, 5.41) is 9.77. The zero-order valence-corrected chi connectivity index (χ0v) is 24.1. The van der Waals surface area contributed by atoms with Crippen LogP contribution in [0.25, 0.3) is 6.08 Å². The van der Waals surface area contributed by atoms with E-state index < -0.39 is 5.97 Å². The van der Waals surface area contributed by atoms with E-state index >= 15 is 0 Å². The number of hydrogen-bond acceptors (Lipinski definition) is 6. The van der Waals surface area contributed by atoms with Gasteiger partial charge in [-0.1, -0.05) is 59.7 Å². The molecule has 0 spiro atoms. The Labute approximate surface area is 238 Å². The van der Waals surface area contributed by atoms with Crippen molar-refractivity contribution < 1.29 is 24.2 Å². The summed E-state index contributed by atoms with van der Waals surface area (Å²) in [5.74, 6) is 0.0327. The predicted octanol–water partition coefficient (Wildman–Crippen LogP) is 7.58. The van der Waals surface area contributed by atoms with Gasteiger partial charge in [0.25, 0.3) is 5.91 Å². The third kappa shape index (κ3) is 7.61. The number of unbranched alkanes of at least 4 members (excludes halogenated alkanes) is 2. The van der Waals surface area contributed by atoms with E-state index in [9.17, 15) is 9.59 Å². The van der Waals surface area contributed by atoms with Gasteiger partial charge in [-0.3, -0.25) is 14.5 Å². The molecule has 0 aromatic heterocycles. The number of rotatable bonds is 12. The smallest absolute Gasteiger partial charge is 0.303 e. The van der Waals surface area contributed by atoms with Crippen LogP contribution in [0.3, 0.4) is 0 Å². The lowest BCUT2D eigenvalue weighted by atomic mass is 10.1. The topological polar surface area (TPSA) is 76.1 Å². The van der Waals surface area contributed by atoms with Gasteiger partial charge in [0.15, 0.2) is 11.5 Å². The highest BCUT2D eigenvalue weighted by Gasteiger charge is 2.31. The monoisotopic (exact) mass is 631 g/mol. The molecular formula is C25H24BrCl2NO5S2. The first-order valence-electron chi connectivity index (χ1n) is 11.2. The Morgan fingerprint density at radius 1 is 1.19 bits per heavy atom. The van der Waals surface area contributed by atoms with E-state index in [0.29, 0.717) is 73.2 Å². The molecule has 1 N–H and O–H groups in total. The molecule has 0 aliphatic carbocycles. The number of carbonyl (C=O) groups is 2. The van der Waals surface area contributed by atoms with E-state index in [0.717, 1.165) is 5.56 Å². The number of thiocarbonyl (C=S) groups is 1. The Kier molecular flexibility index (Phi) is 10.9. The number of carbonyl (C=O) groups excluding carboxylic acids is 1. The Balaban J connectivity index is 1.74. The first kappa shape index (κ1) is 28.8. The third-order valence-corrected chi connectivity index (χ3v) is 7.87. The maximum absolute atomic E-state index is 12.9. The maximum Gasteiger partial charge on any atom is 0.303 e. The second kappa shape index (κ2) is 13.7. The zero-order valence-electron chi connectivity index (χ0n) is 19.4. The van der Waals surface area contributed by atoms with Crippen molar-refractivity contribution >= 4 is 85.4 Å². The largest absolute Gasteiger partial charge is 0.490 e. The molecule has 1 heterocycles. The number of amides is 1. The number of aliphatic carboxylic acids is 1. The van der Waals surface area contributed by atoms with Crippen molar-refractivity contribution in [3.05, 3.63) is 60.9 Å². The van der Waals surface area contributed by atoms with Crippen molar-refractivity contribution in [3.63, 3.8) is 0 Å². The Morgan fingerprint density at radius 3 is 2.58 bits per heavy atom. The van der Waals surface area contributed by atoms with Crippen LogP contribution in [-0.2, 0) is 16.2 Å². The van der Waals surface area contributed by atoms with Crippen LogP contribution in [0.2, 0.25) is 10.0 Å². The number of carboxylic acids is 1. The van der Waals surface area contributed by atoms with Crippen LogP contribution in [0.5, 0.6) is 11.5 Å². The fraction of sp³-hybridized carbons (Fsp3) is 0.320. The van der Waals surface area contributed by atoms with E-state index in [4.69, 9.17) is 50.0 Å². The van der Waals surface area contributed by atoms with Crippen molar-refractivity contribution in [2.24, 2.45) is 0 Å². The minimum atomic E-state index is -0.815. The molecule has 0 bridgehead atoms. The number of carboxylic acid groups (broad SMARTS) is 1. The quantitative estimate of drug-likeness (QED) is 0.147. The molecule has 1 fully saturated rings. The van der Waals surface area contributed by atoms with Gasteiger partial charge in [-0.15, -0.1) is 0 Å². The Bertz CT molecular complexity index is 1170. The number of benzene rings is 2. The Morgan fingerprint density at radius 2 is 1.92 bits per heavy atom. The van der Waals surface area contributed by atoms with Gasteiger partial charge in [-0.2, -0.15) is 0 Å². The molecule has 2 aromatic carbocycles. The van der Waals surface area contributed by atoms with Gasteiger partial charge < -0.3 is 14.6 Å². The van der Waals surface area contributed by atoms with Gasteiger partial charge in [-0.25, -0.2) is 0 Å². The molecule has 1 aliphatic heterocycles. The van der Waals surface area contributed by atoms with Crippen molar-refractivity contribution in [1.82, 2.24) is 4.90 Å². The van der Waals surface area contributed by atoms with Gasteiger partial charge in [0, 0.05) is 28.6 Å². The van der Waals surface area contributed by atoms with Crippen molar-refractivity contribution in [3.8, 4) is 11.5 Å². The summed E-state index contributed by atoms with van der Waals surface area (Å²) >= 11 is 22.7. The third-order valence-electron chi connectivity index (χ3n) is 5.20. The summed E-state index contributed by atoms with van der Waals surface area (Å²) in [4.78, 5) is 25.7. The average molecular weight is 633 g/mol. The predicted molar refractivity (Wildman–Crippen MR) is 152 cm³/mol. The highest BCUT2D eigenvalue weighted by molar-refractivity contribution is 9.10. The summed E-state index contributed by atoms with van der Waals surface area (Å²) in [7, 11) is 0. The summed E-state index contributed by atoms with van der Waals surface area (Å²) in [6.07, 6.45) is 3.87. The molecule has 0 unspecified atom stereocenters. The van der Waals surface area contributed by atoms with E-state index in [1.54, 1.807) is 35.2 Å². The lowest BCUT2D eigenvalue weighted by molar-refractivity contribution is -0.137. The van der Waals surface area contributed by atoms with Crippen LogP contribution in [0.1, 0.15) is 43.7 Å². The lowest BCUT2D eigenvalue weighted by Gasteiger charge is -2.16. The average Bonchev–Trinajstić information content (AvgIpc) is 3.07. The minimum Gasteiger partial charge on any atom is -0.490 e. The molecule has 36 heavy (non-hydrogen) atoms. The SMILES string of the molecule is CCOc1cc(/C=C2\SC(=S)N(CCCCCC(=O)O)C2=O)cc(Br)c1OCc1c(Cl)cccc1Cl. The molecule has 1 saturated heterocycles. The molecule has 0 radical (unpaired) electrons. The van der Waals surface area contributed by atoms with Crippen LogP contribution in [0, 0.1) is 0 Å². The van der Waals surface area contributed by atoms with Crippen LogP contribution < -0.4 is 9.47 Å². The van der Waals surface area contributed by atoms with E-state index in [-0.39, 0.29) is 18.9 Å². The molecule has 3 rings (SSSR count). The molecule has 192 valence electrons. The molecular weight excluding hydrogens is 609 g/mol. The van der Waals surface area contributed by atoms with Gasteiger partial charge >= 0.3 is 5.97 Å². The van der Waals surface area contributed by atoms with Crippen molar-refractivity contribution in [1.29, 1.82) is 0 Å². The highest BCUT2D eigenvalue weighted by atomic mass is 79.9. The second-order valence-electron chi connectivity index (χ2n) is 7.79. The fourth-order valence-electron chi connectivity index (χ4n) is 3.46. The Hall–Kier alpha value is -1.78. The molecule has 0 saturated carbocycles. The van der Waals surface area contributed by atoms with E-state index in [1.807, 2.05) is 13.0 Å². The lowest BCUT2D eigenvalue weighted by Crippen LogP contribution is -2.29. The molecule has 6 nitrogen and oxygen atoms in total. The maximum atomic E-state index is 12.9. The fourth-order valence-corrected chi connectivity index (χ4v) is 5.85. The van der Waals surface area contributed by atoms with Crippen molar-refractivity contribution in [2.45, 2.75) is 39.2 Å².